The molecule has 0 saturated heterocycles. The molecule has 90 valence electrons. The van der Waals surface area contributed by atoms with Gasteiger partial charge in [0.1, 0.15) is 0 Å². The lowest BCUT2D eigenvalue weighted by molar-refractivity contribution is 0.620. The molecular weight excluding hydrogens is 204 g/mol. The summed E-state index contributed by atoms with van der Waals surface area (Å²) in [6.07, 6.45) is 3.40. The van der Waals surface area contributed by atoms with E-state index in [0.29, 0.717) is 0 Å². The van der Waals surface area contributed by atoms with Crippen LogP contribution in [0, 0.1) is 0 Å². The number of aromatic nitrogens is 2. The maximum Gasteiger partial charge on any atom is 0.330 e. The van der Waals surface area contributed by atoms with E-state index in [9.17, 15) is 9.59 Å². The van der Waals surface area contributed by atoms with Crippen LogP contribution in [0.15, 0.2) is 9.59 Å². The van der Waals surface area contributed by atoms with Gasteiger partial charge in [0.05, 0.1) is 0 Å². The summed E-state index contributed by atoms with van der Waals surface area (Å²) >= 11 is 0. The van der Waals surface area contributed by atoms with Gasteiger partial charge in [-0.3, -0.25) is 9.36 Å². The Morgan fingerprint density at radius 3 is 2.00 bits per heavy atom. The van der Waals surface area contributed by atoms with Crippen molar-refractivity contribution in [3.8, 4) is 0 Å². The van der Waals surface area contributed by atoms with E-state index in [2.05, 4.69) is 6.92 Å². The van der Waals surface area contributed by atoms with Crippen LogP contribution in [-0.2, 0) is 26.9 Å². The quantitative estimate of drug-likeness (QED) is 0.765. The third-order valence-corrected chi connectivity index (χ3v) is 2.88. The van der Waals surface area contributed by atoms with Crippen LogP contribution in [0.4, 0.5) is 0 Å². The van der Waals surface area contributed by atoms with Crippen molar-refractivity contribution in [2.45, 2.75) is 39.5 Å². The minimum absolute atomic E-state index is 0.131. The summed E-state index contributed by atoms with van der Waals surface area (Å²) in [6.45, 7) is 4.10. The van der Waals surface area contributed by atoms with Gasteiger partial charge in [-0.25, -0.2) is 4.79 Å². The highest BCUT2D eigenvalue weighted by atomic mass is 16.2. The fourth-order valence-electron chi connectivity index (χ4n) is 2.01. The molecule has 0 unspecified atom stereocenters. The summed E-state index contributed by atoms with van der Waals surface area (Å²) in [5.74, 6) is 0. The minimum atomic E-state index is -0.228. The molecular formula is C12H20N2O2. The number of hydrogen-bond acceptors (Lipinski definition) is 2. The first-order valence-electron chi connectivity index (χ1n) is 5.82. The Kier molecular flexibility index (Phi) is 4.10. The van der Waals surface area contributed by atoms with Gasteiger partial charge in [0.15, 0.2) is 0 Å². The van der Waals surface area contributed by atoms with Crippen molar-refractivity contribution in [3.05, 3.63) is 32.1 Å². The second-order valence-corrected chi connectivity index (χ2v) is 4.13. The van der Waals surface area contributed by atoms with Gasteiger partial charge in [0.25, 0.3) is 5.56 Å². The zero-order valence-corrected chi connectivity index (χ0v) is 10.5. The lowest BCUT2D eigenvalue weighted by Gasteiger charge is -2.14. The van der Waals surface area contributed by atoms with Crippen molar-refractivity contribution in [1.29, 1.82) is 0 Å². The van der Waals surface area contributed by atoms with Crippen molar-refractivity contribution in [3.63, 3.8) is 0 Å². The van der Waals surface area contributed by atoms with Crippen LogP contribution in [0.1, 0.15) is 37.9 Å². The minimum Gasteiger partial charge on any atom is -0.300 e. The molecule has 0 amide bonds. The summed E-state index contributed by atoms with van der Waals surface area (Å²) in [4.78, 5) is 23.7. The van der Waals surface area contributed by atoms with E-state index in [1.165, 1.54) is 4.57 Å². The third-order valence-electron chi connectivity index (χ3n) is 2.88. The standard InChI is InChI=1S/C12H20N2O2/c1-5-7-9-10(8-6-2)13(3)12(16)14(4)11(9)15/h5-8H2,1-4H3. The Morgan fingerprint density at radius 2 is 1.50 bits per heavy atom. The van der Waals surface area contributed by atoms with Gasteiger partial charge < -0.3 is 4.57 Å². The fourth-order valence-corrected chi connectivity index (χ4v) is 2.01. The van der Waals surface area contributed by atoms with Crippen LogP contribution in [0.5, 0.6) is 0 Å². The molecule has 0 fully saturated rings. The summed E-state index contributed by atoms with van der Waals surface area (Å²) in [7, 11) is 3.28. The van der Waals surface area contributed by atoms with Crippen LogP contribution < -0.4 is 11.2 Å². The molecule has 0 N–H and O–H groups in total. The number of hydrogen-bond donors (Lipinski definition) is 0. The lowest BCUT2D eigenvalue weighted by atomic mass is 10.1. The Labute approximate surface area is 95.5 Å². The van der Waals surface area contributed by atoms with Crippen LogP contribution >= 0.6 is 0 Å². The predicted octanol–water partition coefficient (Wildman–Crippen LogP) is 0.989. The van der Waals surface area contributed by atoms with Crippen molar-refractivity contribution in [2.75, 3.05) is 0 Å². The van der Waals surface area contributed by atoms with Gasteiger partial charge in [-0.2, -0.15) is 0 Å². The summed E-state index contributed by atoms with van der Waals surface area (Å²) in [5.41, 5.74) is 1.34. The molecule has 0 atom stereocenters. The smallest absolute Gasteiger partial charge is 0.300 e. The normalized spacial score (nSPS) is 10.8. The Morgan fingerprint density at radius 1 is 0.938 bits per heavy atom. The summed E-state index contributed by atoms with van der Waals surface area (Å²) in [5, 5.41) is 0. The van der Waals surface area contributed by atoms with Crippen molar-refractivity contribution in [1.82, 2.24) is 9.13 Å². The van der Waals surface area contributed by atoms with Gasteiger partial charge in [0, 0.05) is 25.4 Å². The molecule has 16 heavy (non-hydrogen) atoms. The monoisotopic (exact) mass is 224 g/mol. The second kappa shape index (κ2) is 5.14. The van der Waals surface area contributed by atoms with E-state index in [-0.39, 0.29) is 11.2 Å². The topological polar surface area (TPSA) is 44.0 Å². The molecule has 1 aromatic heterocycles. The van der Waals surface area contributed by atoms with E-state index >= 15 is 0 Å². The molecule has 1 aromatic rings. The molecule has 0 aliphatic heterocycles. The van der Waals surface area contributed by atoms with E-state index in [1.54, 1.807) is 18.7 Å². The van der Waals surface area contributed by atoms with Crippen LogP contribution in [0.25, 0.3) is 0 Å². The van der Waals surface area contributed by atoms with Crippen LogP contribution in [-0.4, -0.2) is 9.13 Å². The Balaban J connectivity index is 3.55. The molecule has 0 aliphatic carbocycles. The highest BCUT2D eigenvalue weighted by Crippen LogP contribution is 2.06. The zero-order chi connectivity index (χ0) is 12.3. The molecule has 0 saturated carbocycles. The van der Waals surface area contributed by atoms with E-state index in [0.717, 1.165) is 36.9 Å². The first-order valence-corrected chi connectivity index (χ1v) is 5.82. The molecule has 0 aliphatic rings. The molecule has 0 spiro atoms. The highest BCUT2D eigenvalue weighted by Gasteiger charge is 2.13. The van der Waals surface area contributed by atoms with Gasteiger partial charge in [-0.15, -0.1) is 0 Å². The SMILES string of the molecule is CCCc1c(CCC)n(C)c(=O)n(C)c1=O. The van der Waals surface area contributed by atoms with Gasteiger partial charge in [-0.05, 0) is 12.8 Å². The first kappa shape index (κ1) is 12.7. The maximum atomic E-state index is 12.0. The molecule has 1 rings (SSSR count). The van der Waals surface area contributed by atoms with Crippen molar-refractivity contribution < 1.29 is 0 Å². The van der Waals surface area contributed by atoms with E-state index in [1.807, 2.05) is 6.92 Å². The average Bonchev–Trinajstić information content (AvgIpc) is 2.28. The Hall–Kier alpha value is -1.32. The predicted molar refractivity (Wildman–Crippen MR) is 64.9 cm³/mol. The number of nitrogens with zero attached hydrogens (tertiary/aromatic N) is 2. The summed E-state index contributed by atoms with van der Waals surface area (Å²) < 4.78 is 2.81. The van der Waals surface area contributed by atoms with Gasteiger partial charge >= 0.3 is 5.69 Å². The number of rotatable bonds is 4. The van der Waals surface area contributed by atoms with Crippen LogP contribution in [0.3, 0.4) is 0 Å². The molecule has 4 heteroatoms. The molecule has 1 heterocycles. The highest BCUT2D eigenvalue weighted by molar-refractivity contribution is 5.18. The van der Waals surface area contributed by atoms with Gasteiger partial charge in [-0.1, -0.05) is 26.7 Å². The van der Waals surface area contributed by atoms with Gasteiger partial charge in [0.2, 0.25) is 0 Å². The Bertz CT molecular complexity index is 483. The van der Waals surface area contributed by atoms with E-state index < -0.39 is 0 Å². The third kappa shape index (κ3) is 2.10. The van der Waals surface area contributed by atoms with E-state index in [4.69, 9.17) is 0 Å². The summed E-state index contributed by atoms with van der Waals surface area (Å²) in [6, 6.07) is 0. The average molecular weight is 224 g/mol. The molecule has 0 radical (unpaired) electrons. The lowest BCUT2D eigenvalue weighted by Crippen LogP contribution is -2.41. The van der Waals surface area contributed by atoms with Crippen LogP contribution in [0.2, 0.25) is 0 Å². The molecule has 4 nitrogen and oxygen atoms in total. The fraction of sp³-hybridized carbons (Fsp3) is 0.667. The molecule has 0 bridgehead atoms. The second-order valence-electron chi connectivity index (χ2n) is 4.13. The maximum absolute atomic E-state index is 12.0. The van der Waals surface area contributed by atoms with Crippen molar-refractivity contribution in [2.24, 2.45) is 14.1 Å². The largest absolute Gasteiger partial charge is 0.330 e. The van der Waals surface area contributed by atoms with Crippen molar-refractivity contribution >= 4 is 0 Å². The zero-order valence-electron chi connectivity index (χ0n) is 10.5. The molecule has 0 aromatic carbocycles. The first-order chi connectivity index (χ1) is 7.54.